The topological polar surface area (TPSA) is 41.6 Å². The summed E-state index contributed by atoms with van der Waals surface area (Å²) >= 11 is 1.75. The molecule has 1 saturated carbocycles. The maximum Gasteiger partial charge on any atom is 0.241 e. The molecule has 2 aliphatic rings. The Hall–Kier alpha value is -0.910. The summed E-state index contributed by atoms with van der Waals surface area (Å²) < 4.78 is 5.67. The van der Waals surface area contributed by atoms with Crippen molar-refractivity contribution in [3.05, 3.63) is 21.9 Å². The predicted molar refractivity (Wildman–Crippen MR) is 79.7 cm³/mol. The summed E-state index contributed by atoms with van der Waals surface area (Å²) in [6.07, 6.45) is 2.62. The molecule has 0 aromatic carbocycles. The minimum Gasteiger partial charge on any atom is -0.379 e. The lowest BCUT2D eigenvalue weighted by atomic mass is 10.3. The number of nitrogens with zero attached hydrogens (tertiary/aromatic N) is 1. The fourth-order valence-electron chi connectivity index (χ4n) is 2.55. The third kappa shape index (κ3) is 3.05. The lowest BCUT2D eigenvalue weighted by molar-refractivity contribution is -0.130. The SMILES string of the molecule is Cc1ccc(C2NC(C)C(=O)N2CCOCC2CC2)s1. The highest BCUT2D eigenvalue weighted by atomic mass is 32.1. The van der Waals surface area contributed by atoms with E-state index in [2.05, 4.69) is 24.4 Å². The summed E-state index contributed by atoms with van der Waals surface area (Å²) in [5, 5.41) is 3.38. The Balaban J connectivity index is 1.60. The van der Waals surface area contributed by atoms with E-state index in [0.29, 0.717) is 13.2 Å². The Morgan fingerprint density at radius 3 is 2.90 bits per heavy atom. The quantitative estimate of drug-likeness (QED) is 0.819. The van der Waals surface area contributed by atoms with Crippen LogP contribution >= 0.6 is 11.3 Å². The van der Waals surface area contributed by atoms with Crippen LogP contribution in [-0.2, 0) is 9.53 Å². The molecule has 0 radical (unpaired) electrons. The van der Waals surface area contributed by atoms with Gasteiger partial charge in [0.15, 0.2) is 0 Å². The zero-order valence-corrected chi connectivity index (χ0v) is 12.9. The van der Waals surface area contributed by atoms with Crippen LogP contribution in [0.3, 0.4) is 0 Å². The molecule has 3 rings (SSSR count). The van der Waals surface area contributed by atoms with Gasteiger partial charge in [0.2, 0.25) is 5.91 Å². The number of carbonyl (C=O) groups is 1. The minimum atomic E-state index is -0.106. The van der Waals surface area contributed by atoms with Crippen LogP contribution in [0.15, 0.2) is 12.1 Å². The third-order valence-corrected chi connectivity index (χ3v) is 4.98. The van der Waals surface area contributed by atoms with Gasteiger partial charge < -0.3 is 9.64 Å². The zero-order valence-electron chi connectivity index (χ0n) is 12.1. The van der Waals surface area contributed by atoms with Gasteiger partial charge in [-0.25, -0.2) is 0 Å². The Labute approximate surface area is 124 Å². The van der Waals surface area contributed by atoms with Crippen molar-refractivity contribution in [1.82, 2.24) is 10.2 Å². The van der Waals surface area contributed by atoms with E-state index >= 15 is 0 Å². The molecule has 1 N–H and O–H groups in total. The molecule has 5 heteroatoms. The van der Waals surface area contributed by atoms with Gasteiger partial charge in [0, 0.05) is 22.9 Å². The predicted octanol–water partition coefficient (Wildman–Crippen LogP) is 2.30. The Kier molecular flexibility index (Phi) is 4.10. The van der Waals surface area contributed by atoms with Crippen molar-refractivity contribution in [3.63, 3.8) is 0 Å². The molecule has 0 spiro atoms. The van der Waals surface area contributed by atoms with Crippen molar-refractivity contribution in [2.45, 2.75) is 38.9 Å². The van der Waals surface area contributed by atoms with Gasteiger partial charge in [0.05, 0.1) is 12.6 Å². The van der Waals surface area contributed by atoms with Gasteiger partial charge in [-0.15, -0.1) is 11.3 Å². The molecule has 20 heavy (non-hydrogen) atoms. The summed E-state index contributed by atoms with van der Waals surface area (Å²) in [6.45, 7) is 6.19. The van der Waals surface area contributed by atoms with Gasteiger partial charge in [0.1, 0.15) is 6.17 Å². The van der Waals surface area contributed by atoms with E-state index in [1.54, 1.807) is 11.3 Å². The van der Waals surface area contributed by atoms with Crippen molar-refractivity contribution >= 4 is 17.2 Å². The van der Waals surface area contributed by atoms with E-state index in [1.807, 2.05) is 11.8 Å². The monoisotopic (exact) mass is 294 g/mol. The molecular formula is C15H22N2O2S. The van der Waals surface area contributed by atoms with E-state index in [-0.39, 0.29) is 18.1 Å². The molecule has 0 bridgehead atoms. The van der Waals surface area contributed by atoms with E-state index in [1.165, 1.54) is 22.6 Å². The number of nitrogens with one attached hydrogen (secondary N) is 1. The average Bonchev–Trinajstić information content (AvgIpc) is 3.09. The first-order valence-corrected chi connectivity index (χ1v) is 8.17. The molecular weight excluding hydrogens is 272 g/mol. The van der Waals surface area contributed by atoms with Crippen molar-refractivity contribution in [2.24, 2.45) is 5.92 Å². The number of amides is 1. The molecule has 1 saturated heterocycles. The van der Waals surface area contributed by atoms with E-state index < -0.39 is 0 Å². The number of aryl methyl sites for hydroxylation is 1. The van der Waals surface area contributed by atoms with Gasteiger partial charge in [0.25, 0.3) is 0 Å². The maximum absolute atomic E-state index is 12.2. The van der Waals surface area contributed by atoms with E-state index in [4.69, 9.17) is 4.74 Å². The maximum atomic E-state index is 12.2. The largest absolute Gasteiger partial charge is 0.379 e. The Morgan fingerprint density at radius 2 is 2.25 bits per heavy atom. The van der Waals surface area contributed by atoms with Crippen molar-refractivity contribution in [3.8, 4) is 0 Å². The number of ether oxygens (including phenoxy) is 1. The fraction of sp³-hybridized carbons (Fsp3) is 0.667. The molecule has 1 aromatic heterocycles. The molecule has 110 valence electrons. The third-order valence-electron chi connectivity index (χ3n) is 3.93. The van der Waals surface area contributed by atoms with Crippen LogP contribution in [0.25, 0.3) is 0 Å². The first kappa shape index (κ1) is 14.0. The smallest absolute Gasteiger partial charge is 0.241 e. The second-order valence-corrected chi connectivity index (χ2v) is 7.11. The second-order valence-electron chi connectivity index (χ2n) is 5.79. The lowest BCUT2D eigenvalue weighted by Gasteiger charge is -2.23. The zero-order chi connectivity index (χ0) is 14.1. The molecule has 2 atom stereocenters. The van der Waals surface area contributed by atoms with Crippen LogP contribution in [0, 0.1) is 12.8 Å². The standard InChI is InChI=1S/C15H22N2O2S/c1-10-3-6-13(20-10)14-16-11(2)15(18)17(14)7-8-19-9-12-4-5-12/h3,6,11-12,14,16H,4-5,7-9H2,1-2H3. The van der Waals surface area contributed by atoms with Crippen molar-refractivity contribution in [2.75, 3.05) is 19.8 Å². The second kappa shape index (κ2) is 5.84. The molecule has 1 amide bonds. The van der Waals surface area contributed by atoms with Crippen LogP contribution in [0.5, 0.6) is 0 Å². The highest BCUT2D eigenvalue weighted by Gasteiger charge is 2.37. The molecule has 1 aliphatic heterocycles. The number of carbonyl (C=O) groups excluding carboxylic acids is 1. The van der Waals surface area contributed by atoms with E-state index in [0.717, 1.165) is 12.5 Å². The van der Waals surface area contributed by atoms with Crippen LogP contribution in [0.1, 0.15) is 35.7 Å². The Bertz CT molecular complexity index is 484. The van der Waals surface area contributed by atoms with Gasteiger partial charge in [-0.2, -0.15) is 0 Å². The van der Waals surface area contributed by atoms with Gasteiger partial charge in [-0.1, -0.05) is 0 Å². The molecule has 2 unspecified atom stereocenters. The summed E-state index contributed by atoms with van der Waals surface area (Å²) in [6, 6.07) is 4.11. The first-order chi connectivity index (χ1) is 9.65. The molecule has 2 fully saturated rings. The first-order valence-electron chi connectivity index (χ1n) is 7.36. The average molecular weight is 294 g/mol. The van der Waals surface area contributed by atoms with Crippen molar-refractivity contribution in [1.29, 1.82) is 0 Å². The highest BCUT2D eigenvalue weighted by Crippen LogP contribution is 2.31. The van der Waals surface area contributed by atoms with E-state index in [9.17, 15) is 4.79 Å². The summed E-state index contributed by atoms with van der Waals surface area (Å²) in [4.78, 5) is 16.7. The summed E-state index contributed by atoms with van der Waals surface area (Å²) in [5.41, 5.74) is 0. The highest BCUT2D eigenvalue weighted by molar-refractivity contribution is 7.12. The number of hydrogen-bond acceptors (Lipinski definition) is 4. The molecule has 4 nitrogen and oxygen atoms in total. The molecule has 2 heterocycles. The summed E-state index contributed by atoms with van der Waals surface area (Å²) in [7, 11) is 0. The van der Waals surface area contributed by atoms with Crippen molar-refractivity contribution < 1.29 is 9.53 Å². The summed E-state index contributed by atoms with van der Waals surface area (Å²) in [5.74, 6) is 0.952. The van der Waals surface area contributed by atoms with Gasteiger partial charge >= 0.3 is 0 Å². The molecule has 1 aromatic rings. The lowest BCUT2D eigenvalue weighted by Crippen LogP contribution is -2.33. The number of thiophene rings is 1. The van der Waals surface area contributed by atoms with Gasteiger partial charge in [-0.3, -0.25) is 10.1 Å². The normalized spacial score (nSPS) is 26.5. The minimum absolute atomic E-state index is 0.0146. The number of hydrogen-bond donors (Lipinski definition) is 1. The van der Waals surface area contributed by atoms with Crippen LogP contribution in [0.4, 0.5) is 0 Å². The van der Waals surface area contributed by atoms with Gasteiger partial charge in [-0.05, 0) is 44.7 Å². The number of rotatable bonds is 6. The van der Waals surface area contributed by atoms with Crippen LogP contribution in [-0.4, -0.2) is 36.6 Å². The molecule has 1 aliphatic carbocycles. The van der Waals surface area contributed by atoms with Crippen LogP contribution in [0.2, 0.25) is 0 Å². The van der Waals surface area contributed by atoms with Crippen LogP contribution < -0.4 is 5.32 Å². The fourth-order valence-corrected chi connectivity index (χ4v) is 3.50. The Morgan fingerprint density at radius 1 is 1.45 bits per heavy atom.